The van der Waals surface area contributed by atoms with E-state index < -0.39 is 5.60 Å². The Morgan fingerprint density at radius 3 is 2.21 bits per heavy atom. The van der Waals surface area contributed by atoms with Gasteiger partial charge in [-0.3, -0.25) is 4.79 Å². The van der Waals surface area contributed by atoms with Gasteiger partial charge in [0.1, 0.15) is 11.5 Å². The number of amides is 1. The lowest BCUT2D eigenvalue weighted by Gasteiger charge is -2.52. The molecule has 2 aromatic rings. The summed E-state index contributed by atoms with van der Waals surface area (Å²) in [6, 6.07) is 8.80. The fourth-order valence-electron chi connectivity index (χ4n) is 6.04. The van der Waals surface area contributed by atoms with E-state index in [-0.39, 0.29) is 17.9 Å². The molecule has 1 saturated carbocycles. The number of likely N-dealkylation sites (tertiary alicyclic amines) is 1. The fourth-order valence-corrected chi connectivity index (χ4v) is 6.04. The average Bonchev–Trinajstić information content (AvgIpc) is 2.93. The molecule has 208 valence electrons. The number of benzene rings is 2. The molecule has 0 bridgehead atoms. The zero-order valence-electron chi connectivity index (χ0n) is 23.2. The van der Waals surface area contributed by atoms with Crippen LogP contribution in [0.4, 0.5) is 0 Å². The summed E-state index contributed by atoms with van der Waals surface area (Å²) in [5.41, 5.74) is 0.503. The lowest BCUT2D eigenvalue weighted by molar-refractivity contribution is -0.115. The molecule has 1 heterocycles. The van der Waals surface area contributed by atoms with E-state index in [1.165, 1.54) is 0 Å². The summed E-state index contributed by atoms with van der Waals surface area (Å²) in [6.07, 6.45) is 4.10. The summed E-state index contributed by atoms with van der Waals surface area (Å²) in [7, 11) is 3.23. The zero-order valence-corrected chi connectivity index (χ0v) is 23.2. The highest BCUT2D eigenvalue weighted by Crippen LogP contribution is 2.52. The van der Waals surface area contributed by atoms with Crippen molar-refractivity contribution >= 4 is 5.91 Å². The number of hydrogen-bond acceptors (Lipinski definition) is 7. The SMILES string of the molecule is CCOc1cc(C(=O)N2CC[C@]3(O)CCCC[C@@H]3[C@@H]2c2ccc(OC)cc2OC)cc(OCC)c1OCC. The van der Waals surface area contributed by atoms with Crippen LogP contribution in [0.15, 0.2) is 30.3 Å². The van der Waals surface area contributed by atoms with E-state index in [1.54, 1.807) is 26.4 Å². The van der Waals surface area contributed by atoms with Gasteiger partial charge in [0, 0.05) is 29.7 Å². The molecule has 8 nitrogen and oxygen atoms in total. The van der Waals surface area contributed by atoms with Crippen molar-refractivity contribution in [1.82, 2.24) is 4.90 Å². The lowest BCUT2D eigenvalue weighted by atomic mass is 9.66. The lowest BCUT2D eigenvalue weighted by Crippen LogP contribution is -2.56. The normalized spacial score (nSPS) is 22.8. The number of carbonyl (C=O) groups excluding carboxylic acids is 1. The number of rotatable bonds is 10. The first-order valence-electron chi connectivity index (χ1n) is 13.7. The second-order valence-corrected chi connectivity index (χ2v) is 9.86. The Kier molecular flexibility index (Phi) is 8.92. The Morgan fingerprint density at radius 1 is 0.921 bits per heavy atom. The first kappa shape index (κ1) is 27.9. The van der Waals surface area contributed by atoms with Crippen LogP contribution in [0.1, 0.15) is 74.8 Å². The van der Waals surface area contributed by atoms with E-state index in [9.17, 15) is 9.90 Å². The van der Waals surface area contributed by atoms with Crippen LogP contribution < -0.4 is 23.7 Å². The second-order valence-electron chi connectivity index (χ2n) is 9.86. The number of piperidine rings is 1. The summed E-state index contributed by atoms with van der Waals surface area (Å²) in [4.78, 5) is 16.2. The van der Waals surface area contributed by atoms with Crippen LogP contribution in [-0.4, -0.2) is 62.1 Å². The molecule has 0 unspecified atom stereocenters. The van der Waals surface area contributed by atoms with Crippen LogP contribution in [0.25, 0.3) is 0 Å². The largest absolute Gasteiger partial charge is 0.497 e. The molecule has 1 amide bonds. The Morgan fingerprint density at radius 2 is 1.61 bits per heavy atom. The molecule has 1 aliphatic carbocycles. The van der Waals surface area contributed by atoms with Gasteiger partial charge in [-0.2, -0.15) is 0 Å². The van der Waals surface area contributed by atoms with E-state index in [0.29, 0.717) is 67.1 Å². The second kappa shape index (κ2) is 12.2. The van der Waals surface area contributed by atoms with E-state index in [2.05, 4.69) is 0 Å². The zero-order chi connectivity index (χ0) is 27.3. The van der Waals surface area contributed by atoms with Crippen LogP contribution in [0.3, 0.4) is 0 Å². The molecule has 4 rings (SSSR count). The van der Waals surface area contributed by atoms with Gasteiger partial charge in [-0.1, -0.05) is 12.8 Å². The van der Waals surface area contributed by atoms with Crippen molar-refractivity contribution in [1.29, 1.82) is 0 Å². The summed E-state index contributed by atoms with van der Waals surface area (Å²) < 4.78 is 28.8. The first-order valence-corrected chi connectivity index (χ1v) is 13.7. The van der Waals surface area contributed by atoms with Crippen LogP contribution >= 0.6 is 0 Å². The summed E-state index contributed by atoms with van der Waals surface area (Å²) >= 11 is 0. The Bertz CT molecular complexity index is 1090. The molecule has 2 aliphatic rings. The molecule has 3 atom stereocenters. The van der Waals surface area contributed by atoms with Gasteiger partial charge in [0.25, 0.3) is 5.91 Å². The third-order valence-corrected chi connectivity index (χ3v) is 7.74. The smallest absolute Gasteiger partial charge is 0.254 e. The van der Waals surface area contributed by atoms with Crippen LogP contribution in [0.5, 0.6) is 28.7 Å². The van der Waals surface area contributed by atoms with Crippen molar-refractivity contribution in [3.8, 4) is 28.7 Å². The van der Waals surface area contributed by atoms with Gasteiger partial charge in [0.2, 0.25) is 5.75 Å². The Balaban J connectivity index is 1.82. The molecular weight excluding hydrogens is 486 g/mol. The van der Waals surface area contributed by atoms with E-state index in [0.717, 1.165) is 31.2 Å². The standard InChI is InChI=1S/C30H41NO7/c1-6-36-25-17-20(18-26(37-7-2)28(25)38-8-3)29(32)31-16-15-30(33)14-10-9-11-23(30)27(31)22-13-12-21(34-4)19-24(22)35-5/h12-13,17-19,23,27,33H,6-11,14-16H2,1-5H3/t23-,27+,30-/m1/s1. The number of carbonyl (C=O) groups is 1. The molecule has 38 heavy (non-hydrogen) atoms. The van der Waals surface area contributed by atoms with Crippen LogP contribution in [0, 0.1) is 5.92 Å². The van der Waals surface area contributed by atoms with Gasteiger partial charge >= 0.3 is 0 Å². The number of fused-ring (bicyclic) bond motifs is 1. The highest BCUT2D eigenvalue weighted by atomic mass is 16.5. The van der Waals surface area contributed by atoms with E-state index in [1.807, 2.05) is 43.9 Å². The predicted octanol–water partition coefficient (Wildman–Crippen LogP) is 5.41. The fraction of sp³-hybridized carbons (Fsp3) is 0.567. The quantitative estimate of drug-likeness (QED) is 0.442. The van der Waals surface area contributed by atoms with Gasteiger partial charge in [0.15, 0.2) is 11.5 Å². The molecule has 0 radical (unpaired) electrons. The van der Waals surface area contributed by atoms with Gasteiger partial charge in [-0.05, 0) is 64.3 Å². The van der Waals surface area contributed by atoms with Gasteiger partial charge in [-0.15, -0.1) is 0 Å². The summed E-state index contributed by atoms with van der Waals surface area (Å²) in [5.74, 6) is 2.51. The third-order valence-electron chi connectivity index (χ3n) is 7.74. The van der Waals surface area contributed by atoms with Crippen molar-refractivity contribution in [3.63, 3.8) is 0 Å². The predicted molar refractivity (Wildman–Crippen MR) is 145 cm³/mol. The number of aliphatic hydroxyl groups is 1. The summed E-state index contributed by atoms with van der Waals surface area (Å²) in [5, 5.41) is 11.7. The van der Waals surface area contributed by atoms with Crippen LogP contribution in [-0.2, 0) is 0 Å². The van der Waals surface area contributed by atoms with Crippen molar-refractivity contribution < 1.29 is 33.6 Å². The van der Waals surface area contributed by atoms with Crippen LogP contribution in [0.2, 0.25) is 0 Å². The van der Waals surface area contributed by atoms with Crippen molar-refractivity contribution in [2.75, 3.05) is 40.6 Å². The maximum absolute atomic E-state index is 14.3. The minimum Gasteiger partial charge on any atom is -0.497 e. The van der Waals surface area contributed by atoms with Crippen molar-refractivity contribution in [3.05, 3.63) is 41.5 Å². The molecule has 1 aliphatic heterocycles. The number of hydrogen-bond donors (Lipinski definition) is 1. The topological polar surface area (TPSA) is 86.7 Å². The maximum atomic E-state index is 14.3. The number of nitrogens with zero attached hydrogens (tertiary/aromatic N) is 1. The molecule has 0 spiro atoms. The first-order chi connectivity index (χ1) is 18.4. The molecule has 2 fully saturated rings. The minimum atomic E-state index is -0.823. The van der Waals surface area contributed by atoms with Gasteiger partial charge < -0.3 is 33.7 Å². The van der Waals surface area contributed by atoms with Gasteiger partial charge in [0.05, 0.1) is 45.7 Å². The van der Waals surface area contributed by atoms with E-state index in [4.69, 9.17) is 23.7 Å². The maximum Gasteiger partial charge on any atom is 0.254 e. The van der Waals surface area contributed by atoms with Crippen molar-refractivity contribution in [2.45, 2.75) is 64.5 Å². The Hall–Kier alpha value is -3.13. The summed E-state index contributed by atoms with van der Waals surface area (Å²) in [6.45, 7) is 7.40. The third kappa shape index (κ3) is 5.37. The number of ether oxygens (including phenoxy) is 5. The molecular formula is C30H41NO7. The number of methoxy groups -OCH3 is 2. The molecule has 1 saturated heterocycles. The molecule has 8 heteroatoms. The van der Waals surface area contributed by atoms with Gasteiger partial charge in [-0.25, -0.2) is 0 Å². The molecule has 2 aromatic carbocycles. The monoisotopic (exact) mass is 527 g/mol. The van der Waals surface area contributed by atoms with E-state index >= 15 is 0 Å². The highest BCUT2D eigenvalue weighted by Gasteiger charge is 2.51. The average molecular weight is 528 g/mol. The van der Waals surface area contributed by atoms with Crippen molar-refractivity contribution in [2.24, 2.45) is 5.92 Å². The molecule has 1 N–H and O–H groups in total. The molecule has 0 aromatic heterocycles. The highest BCUT2D eigenvalue weighted by molar-refractivity contribution is 5.96. The Labute approximate surface area is 225 Å². The minimum absolute atomic E-state index is 0.114.